The number of aliphatic imine (C=N–C) groups is 1. The summed E-state index contributed by atoms with van der Waals surface area (Å²) in [7, 11) is 0. The van der Waals surface area contributed by atoms with Crippen LogP contribution in [0.3, 0.4) is 0 Å². The van der Waals surface area contributed by atoms with Crippen LogP contribution in [0.15, 0.2) is 23.2 Å². The number of morpholine rings is 1. The molecule has 0 radical (unpaired) electrons. The van der Waals surface area contributed by atoms with Crippen molar-refractivity contribution < 1.29 is 18.3 Å². The smallest absolute Gasteiger partial charge is 0.387 e. The molecule has 1 aliphatic heterocycles. The number of nitrogens with two attached hydrogens (primary N) is 1. The third-order valence-electron chi connectivity index (χ3n) is 3.18. The molecular formula is C14H20F2IN3O2. The van der Waals surface area contributed by atoms with E-state index in [1.54, 1.807) is 12.1 Å². The minimum Gasteiger partial charge on any atom is -0.434 e. The van der Waals surface area contributed by atoms with Gasteiger partial charge in [-0.15, -0.1) is 24.0 Å². The fraction of sp³-hybridized carbons (Fsp3) is 0.500. The highest BCUT2D eigenvalue weighted by Gasteiger charge is 2.13. The Morgan fingerprint density at radius 1 is 1.41 bits per heavy atom. The van der Waals surface area contributed by atoms with Crippen molar-refractivity contribution in [3.05, 3.63) is 29.3 Å². The van der Waals surface area contributed by atoms with E-state index in [0.717, 1.165) is 5.56 Å². The third-order valence-corrected chi connectivity index (χ3v) is 3.18. The van der Waals surface area contributed by atoms with Crippen LogP contribution < -0.4 is 10.5 Å². The zero-order valence-corrected chi connectivity index (χ0v) is 14.6. The van der Waals surface area contributed by atoms with Gasteiger partial charge >= 0.3 is 6.61 Å². The average molecular weight is 427 g/mol. The van der Waals surface area contributed by atoms with Gasteiger partial charge in [0.25, 0.3) is 0 Å². The SMILES string of the molecule is Cc1ccc(OC(F)F)c(CN=C(N)N2CCOCC2)c1.I. The summed E-state index contributed by atoms with van der Waals surface area (Å²) >= 11 is 0. The van der Waals surface area contributed by atoms with Crippen molar-refractivity contribution in [3.63, 3.8) is 0 Å². The summed E-state index contributed by atoms with van der Waals surface area (Å²) in [6.45, 7) is 1.82. The molecule has 124 valence electrons. The fourth-order valence-electron chi connectivity index (χ4n) is 2.10. The Hall–Kier alpha value is -1.16. The minimum absolute atomic E-state index is 0. The zero-order valence-electron chi connectivity index (χ0n) is 12.3. The van der Waals surface area contributed by atoms with Gasteiger partial charge in [-0.05, 0) is 13.0 Å². The third kappa shape index (κ3) is 5.56. The molecule has 1 aromatic rings. The van der Waals surface area contributed by atoms with Crippen LogP contribution in [0.5, 0.6) is 5.75 Å². The van der Waals surface area contributed by atoms with E-state index >= 15 is 0 Å². The molecule has 8 heteroatoms. The van der Waals surface area contributed by atoms with E-state index in [4.69, 9.17) is 10.5 Å². The number of hydrogen-bond donors (Lipinski definition) is 1. The zero-order chi connectivity index (χ0) is 15.2. The van der Waals surface area contributed by atoms with Gasteiger partial charge in [-0.1, -0.05) is 17.7 Å². The molecule has 1 fully saturated rings. The van der Waals surface area contributed by atoms with Crippen LogP contribution in [0.4, 0.5) is 8.78 Å². The van der Waals surface area contributed by atoms with E-state index in [0.29, 0.717) is 37.8 Å². The standard InChI is InChI=1S/C14H19F2N3O2.HI/c1-10-2-3-12(21-13(15)16)11(8-10)9-18-14(17)19-4-6-20-7-5-19;/h2-3,8,13H,4-7,9H2,1H3,(H2,17,18);1H. The first-order valence-electron chi connectivity index (χ1n) is 6.73. The maximum absolute atomic E-state index is 12.4. The molecule has 0 unspecified atom stereocenters. The molecule has 2 N–H and O–H groups in total. The van der Waals surface area contributed by atoms with Gasteiger partial charge in [0.05, 0.1) is 19.8 Å². The summed E-state index contributed by atoms with van der Waals surface area (Å²) in [6.07, 6.45) is 0. The molecule has 1 heterocycles. The fourth-order valence-corrected chi connectivity index (χ4v) is 2.10. The van der Waals surface area contributed by atoms with E-state index < -0.39 is 6.61 Å². The molecule has 22 heavy (non-hydrogen) atoms. The van der Waals surface area contributed by atoms with Crippen molar-refractivity contribution in [1.82, 2.24) is 4.90 Å². The second kappa shape index (κ2) is 9.09. The van der Waals surface area contributed by atoms with Gasteiger partial charge in [-0.25, -0.2) is 4.99 Å². The number of nitrogens with zero attached hydrogens (tertiary/aromatic N) is 2. The molecule has 1 saturated heterocycles. The molecule has 0 saturated carbocycles. The molecule has 0 spiro atoms. The Kier molecular flexibility index (Phi) is 7.80. The number of halogens is 3. The van der Waals surface area contributed by atoms with E-state index in [1.807, 2.05) is 11.8 Å². The molecule has 0 atom stereocenters. The van der Waals surface area contributed by atoms with Crippen LogP contribution in [0.25, 0.3) is 0 Å². The van der Waals surface area contributed by atoms with Crippen LogP contribution in [-0.2, 0) is 11.3 Å². The van der Waals surface area contributed by atoms with E-state index in [2.05, 4.69) is 9.73 Å². The average Bonchev–Trinajstić information content (AvgIpc) is 2.47. The van der Waals surface area contributed by atoms with Crippen molar-refractivity contribution >= 4 is 29.9 Å². The number of aryl methyl sites for hydroxylation is 1. The van der Waals surface area contributed by atoms with Crippen LogP contribution in [0.1, 0.15) is 11.1 Å². The Labute approximate surface area is 145 Å². The molecular weight excluding hydrogens is 407 g/mol. The lowest BCUT2D eigenvalue weighted by Gasteiger charge is -2.27. The number of benzene rings is 1. The molecule has 1 aliphatic rings. The highest BCUT2D eigenvalue weighted by Crippen LogP contribution is 2.23. The second-order valence-corrected chi connectivity index (χ2v) is 4.76. The largest absolute Gasteiger partial charge is 0.434 e. The van der Waals surface area contributed by atoms with Gasteiger partial charge in [0, 0.05) is 18.7 Å². The second-order valence-electron chi connectivity index (χ2n) is 4.76. The molecule has 0 aliphatic carbocycles. The summed E-state index contributed by atoms with van der Waals surface area (Å²) < 4.78 is 34.5. The number of guanidine groups is 1. The van der Waals surface area contributed by atoms with Crippen molar-refractivity contribution in [2.24, 2.45) is 10.7 Å². The lowest BCUT2D eigenvalue weighted by Crippen LogP contribution is -2.44. The monoisotopic (exact) mass is 427 g/mol. The highest BCUT2D eigenvalue weighted by atomic mass is 127. The maximum atomic E-state index is 12.4. The van der Waals surface area contributed by atoms with Gasteiger partial charge in [0.15, 0.2) is 5.96 Å². The van der Waals surface area contributed by atoms with Crippen molar-refractivity contribution in [3.8, 4) is 5.75 Å². The van der Waals surface area contributed by atoms with Crippen molar-refractivity contribution in [1.29, 1.82) is 0 Å². The predicted molar refractivity (Wildman–Crippen MR) is 90.9 cm³/mol. The lowest BCUT2D eigenvalue weighted by atomic mass is 10.1. The first kappa shape index (κ1) is 18.9. The summed E-state index contributed by atoms with van der Waals surface area (Å²) in [5.41, 5.74) is 7.46. The van der Waals surface area contributed by atoms with Gasteiger partial charge in [-0.3, -0.25) is 0 Å². The molecule has 0 amide bonds. The first-order chi connectivity index (χ1) is 10.1. The predicted octanol–water partition coefficient (Wildman–Crippen LogP) is 2.36. The number of alkyl halides is 2. The van der Waals surface area contributed by atoms with Gasteiger partial charge in [-0.2, -0.15) is 8.78 Å². The number of rotatable bonds is 4. The summed E-state index contributed by atoms with van der Waals surface area (Å²) in [6, 6.07) is 5.02. The van der Waals surface area contributed by atoms with E-state index in [-0.39, 0.29) is 36.3 Å². The summed E-state index contributed by atoms with van der Waals surface area (Å²) in [5.74, 6) is 0.525. The summed E-state index contributed by atoms with van der Waals surface area (Å²) in [4.78, 5) is 6.18. The molecule has 5 nitrogen and oxygen atoms in total. The Morgan fingerprint density at radius 3 is 2.73 bits per heavy atom. The van der Waals surface area contributed by atoms with Gasteiger partial charge in [0.2, 0.25) is 0 Å². The minimum atomic E-state index is -2.85. The maximum Gasteiger partial charge on any atom is 0.387 e. The first-order valence-corrected chi connectivity index (χ1v) is 6.73. The normalized spacial score (nSPS) is 15.6. The molecule has 0 bridgehead atoms. The van der Waals surface area contributed by atoms with Crippen molar-refractivity contribution in [2.45, 2.75) is 20.1 Å². The summed E-state index contributed by atoms with van der Waals surface area (Å²) in [5, 5.41) is 0. The van der Waals surface area contributed by atoms with Gasteiger partial charge < -0.3 is 20.1 Å². The van der Waals surface area contributed by atoms with Crippen LogP contribution in [-0.4, -0.2) is 43.8 Å². The van der Waals surface area contributed by atoms with E-state index in [1.165, 1.54) is 6.07 Å². The molecule has 0 aromatic heterocycles. The van der Waals surface area contributed by atoms with Crippen LogP contribution >= 0.6 is 24.0 Å². The lowest BCUT2D eigenvalue weighted by molar-refractivity contribution is -0.0504. The molecule has 2 rings (SSSR count). The quantitative estimate of drug-likeness (QED) is 0.456. The Morgan fingerprint density at radius 2 is 2.09 bits per heavy atom. The van der Waals surface area contributed by atoms with Crippen LogP contribution in [0, 0.1) is 6.92 Å². The van der Waals surface area contributed by atoms with Crippen molar-refractivity contribution in [2.75, 3.05) is 26.3 Å². The molecule has 1 aromatic carbocycles. The Bertz CT molecular complexity index is 509. The highest BCUT2D eigenvalue weighted by molar-refractivity contribution is 14.0. The van der Waals surface area contributed by atoms with Crippen LogP contribution in [0.2, 0.25) is 0 Å². The Balaban J connectivity index is 0.00000242. The number of hydrogen-bond acceptors (Lipinski definition) is 3. The van der Waals surface area contributed by atoms with E-state index in [9.17, 15) is 8.78 Å². The van der Waals surface area contributed by atoms with Gasteiger partial charge in [0.1, 0.15) is 5.75 Å². The topological polar surface area (TPSA) is 60.1 Å². The number of ether oxygens (including phenoxy) is 2.